The van der Waals surface area contributed by atoms with Crippen LogP contribution in [-0.2, 0) is 31.6 Å². The highest BCUT2D eigenvalue weighted by atomic mass is 32.1. The third-order valence-electron chi connectivity index (χ3n) is 3.67. The average molecular weight is 534 g/mol. The van der Waals surface area contributed by atoms with E-state index in [1.807, 2.05) is 0 Å². The number of aromatic nitrogens is 2. The van der Waals surface area contributed by atoms with E-state index < -0.39 is 66.5 Å². The van der Waals surface area contributed by atoms with Crippen molar-refractivity contribution in [2.45, 2.75) is 24.1 Å². The van der Waals surface area contributed by atoms with E-state index in [0.717, 1.165) is 12.3 Å². The highest BCUT2D eigenvalue weighted by Crippen LogP contribution is 2.66. The van der Waals surface area contributed by atoms with Crippen LogP contribution < -0.4 is 5.69 Å². The van der Waals surface area contributed by atoms with E-state index in [1.165, 1.54) is 0 Å². The molecule has 3 unspecified atom stereocenters. The second-order valence-electron chi connectivity index (χ2n) is 5.96. The Morgan fingerprint density at radius 3 is 2.35 bits per heavy atom. The van der Waals surface area contributed by atoms with Crippen LogP contribution in [0.3, 0.4) is 0 Å². The molecule has 0 radical (unpaired) electrons. The van der Waals surface area contributed by atoms with Gasteiger partial charge in [-0.15, -0.1) is 0 Å². The molecule has 21 heteroatoms. The molecule has 6 N–H and O–H groups in total. The Bertz CT molecular complexity index is 1080. The first-order valence-electron chi connectivity index (χ1n) is 7.67. The molecule has 0 aliphatic carbocycles. The van der Waals surface area contributed by atoms with Crippen LogP contribution in [0.1, 0.15) is 6.23 Å². The second-order valence-corrected chi connectivity index (χ2v) is 10.8. The summed E-state index contributed by atoms with van der Waals surface area (Å²) in [6, 6.07) is 1.14. The molecule has 15 nitrogen and oxygen atoms in total. The quantitative estimate of drug-likeness (QED) is 0.184. The highest BCUT2D eigenvalue weighted by Gasteiger charge is 2.58. The lowest BCUT2D eigenvalue weighted by Crippen LogP contribution is -2.48. The minimum Gasteiger partial charge on any atom is -0.379 e. The summed E-state index contributed by atoms with van der Waals surface area (Å²) >= 11 is 4.71. The molecule has 1 aliphatic rings. The Labute approximate surface area is 175 Å². The number of hydrogen-bond donors (Lipinski definition) is 6. The molecule has 1 aromatic rings. The number of aromatic amines is 1. The SMILES string of the molecule is O=c1[nH]c(=S)ccn1[C@@H]1O[C@H](COP(=O)(O)OP(=O)(O)OP(=O)(O)O)[C@H](F)C1(O)CF. The zero-order valence-electron chi connectivity index (χ0n) is 14.8. The Hall–Kier alpha value is -0.710. The molecule has 0 bridgehead atoms. The van der Waals surface area contributed by atoms with Gasteiger partial charge in [-0.2, -0.15) is 8.62 Å². The smallest absolute Gasteiger partial charge is 0.379 e. The fourth-order valence-electron chi connectivity index (χ4n) is 2.46. The van der Waals surface area contributed by atoms with Crippen LogP contribution in [0.5, 0.6) is 0 Å². The summed E-state index contributed by atoms with van der Waals surface area (Å²) < 4.78 is 78.4. The minimum absolute atomic E-state index is 0.0379. The predicted octanol–water partition coefficient (Wildman–Crippen LogP) is 0.185. The molecule has 1 aromatic heterocycles. The summed E-state index contributed by atoms with van der Waals surface area (Å²) in [5, 5.41) is 10.3. The maximum Gasteiger partial charge on any atom is 0.490 e. The minimum atomic E-state index is -5.82. The van der Waals surface area contributed by atoms with Gasteiger partial charge in [-0.3, -0.25) is 14.1 Å². The summed E-state index contributed by atoms with van der Waals surface area (Å²) in [6.45, 7) is -3.08. The molecule has 0 amide bonds. The first-order valence-corrected chi connectivity index (χ1v) is 12.6. The number of ether oxygens (including phenoxy) is 1. The van der Waals surface area contributed by atoms with E-state index in [4.69, 9.17) is 31.6 Å². The third kappa shape index (κ3) is 6.65. The topological polar surface area (TPSA) is 227 Å². The molecule has 0 spiro atoms. The maximum absolute atomic E-state index is 14.6. The lowest BCUT2D eigenvalue weighted by atomic mass is 9.97. The van der Waals surface area contributed by atoms with Gasteiger partial charge in [0.15, 0.2) is 18.0 Å². The normalized spacial score (nSPS) is 30.6. The molecule has 0 aromatic carbocycles. The number of nitrogens with zero attached hydrogens (tertiary/aromatic N) is 1. The van der Waals surface area contributed by atoms with Crippen LogP contribution in [0.15, 0.2) is 17.1 Å². The molecule has 0 saturated carbocycles. The number of rotatable bonds is 9. The molecule has 2 rings (SSSR count). The summed E-state index contributed by atoms with van der Waals surface area (Å²) in [4.78, 5) is 49.4. The highest BCUT2D eigenvalue weighted by molar-refractivity contribution is 7.71. The number of halogens is 2. The van der Waals surface area contributed by atoms with Gasteiger partial charge in [0.25, 0.3) is 0 Å². The Morgan fingerprint density at radius 2 is 1.84 bits per heavy atom. The average Bonchev–Trinajstić information content (AvgIpc) is 2.82. The Morgan fingerprint density at radius 1 is 1.23 bits per heavy atom. The van der Waals surface area contributed by atoms with E-state index in [1.54, 1.807) is 0 Å². The lowest BCUT2D eigenvalue weighted by molar-refractivity contribution is -0.113. The summed E-state index contributed by atoms with van der Waals surface area (Å²) in [5.74, 6) is 0. The van der Waals surface area contributed by atoms with E-state index in [2.05, 4.69) is 18.1 Å². The van der Waals surface area contributed by atoms with Crippen LogP contribution in [0.2, 0.25) is 0 Å². The van der Waals surface area contributed by atoms with Crippen LogP contribution >= 0.6 is 35.7 Å². The summed E-state index contributed by atoms with van der Waals surface area (Å²) in [6.07, 6.45) is -5.68. The number of phosphoric acid groups is 3. The van der Waals surface area contributed by atoms with Crippen molar-refractivity contribution < 1.29 is 65.0 Å². The first-order chi connectivity index (χ1) is 14.0. The zero-order chi connectivity index (χ0) is 23.8. The number of phosphoric ester groups is 1. The Balaban J connectivity index is 2.18. The molecular weight excluding hydrogens is 519 g/mol. The van der Waals surface area contributed by atoms with E-state index in [-0.39, 0.29) is 4.64 Å². The fraction of sp³-hybridized carbons (Fsp3) is 0.600. The summed E-state index contributed by atoms with van der Waals surface area (Å²) in [7, 11) is -17.1. The number of aliphatic hydroxyl groups is 1. The zero-order valence-corrected chi connectivity index (χ0v) is 18.3. The molecule has 1 saturated heterocycles. The summed E-state index contributed by atoms with van der Waals surface area (Å²) in [5.41, 5.74) is -3.96. The van der Waals surface area contributed by atoms with Crippen molar-refractivity contribution in [3.63, 3.8) is 0 Å². The van der Waals surface area contributed by atoms with Crippen molar-refractivity contribution in [1.82, 2.24) is 9.55 Å². The van der Waals surface area contributed by atoms with Crippen LogP contribution in [0.25, 0.3) is 0 Å². The Kier molecular flexibility index (Phi) is 7.94. The second kappa shape index (κ2) is 9.27. The molecule has 1 aliphatic heterocycles. The number of nitrogens with one attached hydrogen (secondary N) is 1. The maximum atomic E-state index is 14.6. The van der Waals surface area contributed by atoms with Crippen LogP contribution in [0.4, 0.5) is 8.78 Å². The van der Waals surface area contributed by atoms with Crippen LogP contribution in [-0.4, -0.2) is 65.4 Å². The molecule has 31 heavy (non-hydrogen) atoms. The van der Waals surface area contributed by atoms with Crippen molar-refractivity contribution >= 4 is 35.7 Å². The van der Waals surface area contributed by atoms with Crippen LogP contribution in [0, 0.1) is 4.64 Å². The van der Waals surface area contributed by atoms with Gasteiger partial charge >= 0.3 is 29.2 Å². The molecular formula is C10H15F2N2O13P3S. The number of H-pyrrole nitrogens is 1. The van der Waals surface area contributed by atoms with Crippen molar-refractivity contribution in [1.29, 1.82) is 0 Å². The molecule has 1 fully saturated rings. The van der Waals surface area contributed by atoms with Gasteiger partial charge in [0.05, 0.1) is 6.61 Å². The van der Waals surface area contributed by atoms with E-state index in [0.29, 0.717) is 4.57 Å². The third-order valence-corrected chi connectivity index (χ3v) is 7.71. The van der Waals surface area contributed by atoms with Gasteiger partial charge < -0.3 is 29.4 Å². The first kappa shape index (κ1) is 26.5. The monoisotopic (exact) mass is 534 g/mol. The largest absolute Gasteiger partial charge is 0.490 e. The van der Waals surface area contributed by atoms with Gasteiger partial charge in [-0.25, -0.2) is 27.3 Å². The van der Waals surface area contributed by atoms with Gasteiger partial charge in [0.2, 0.25) is 0 Å². The standard InChI is InChI=1S/C10H15F2N2O13P3S/c11-4-10(16)7(12)5(25-8(10)14-2-1-6(31)13-9(14)15)3-24-29(20,21)27-30(22,23)26-28(17,18)19/h1-2,5,7-8,16H,3-4H2,(H,20,21)(H,22,23)(H,13,15,31)(H2,17,18,19)/t5-,7+,8-,10?/m1/s1. The molecule has 6 atom stereocenters. The van der Waals surface area contributed by atoms with Gasteiger partial charge in [0.1, 0.15) is 17.4 Å². The van der Waals surface area contributed by atoms with Crippen molar-refractivity contribution in [3.05, 3.63) is 27.4 Å². The van der Waals surface area contributed by atoms with E-state index in [9.17, 15) is 37.3 Å². The van der Waals surface area contributed by atoms with Crippen molar-refractivity contribution in [2.75, 3.05) is 13.3 Å². The fourth-order valence-corrected chi connectivity index (χ4v) is 5.64. The predicted molar refractivity (Wildman–Crippen MR) is 95.4 cm³/mol. The number of hydrogen-bond acceptors (Lipinski definition) is 10. The van der Waals surface area contributed by atoms with E-state index >= 15 is 0 Å². The van der Waals surface area contributed by atoms with Crippen molar-refractivity contribution in [2.24, 2.45) is 0 Å². The van der Waals surface area contributed by atoms with Gasteiger partial charge in [0, 0.05) is 6.20 Å². The number of alkyl halides is 2. The van der Waals surface area contributed by atoms with Gasteiger partial charge in [-0.1, -0.05) is 12.2 Å². The van der Waals surface area contributed by atoms with Gasteiger partial charge in [-0.05, 0) is 6.07 Å². The van der Waals surface area contributed by atoms with Crippen molar-refractivity contribution in [3.8, 4) is 0 Å². The molecule has 2 heterocycles. The lowest BCUT2D eigenvalue weighted by Gasteiger charge is -2.27. The molecule has 178 valence electrons.